The fourth-order valence-corrected chi connectivity index (χ4v) is 3.56. The van der Waals surface area contributed by atoms with Crippen molar-refractivity contribution in [2.45, 2.75) is 10.9 Å². The van der Waals surface area contributed by atoms with Crippen molar-refractivity contribution in [1.29, 1.82) is 0 Å². The summed E-state index contributed by atoms with van der Waals surface area (Å²) in [5, 5.41) is 2.78. The van der Waals surface area contributed by atoms with Gasteiger partial charge in [0, 0.05) is 4.88 Å². The molecule has 1 aliphatic heterocycles. The smallest absolute Gasteiger partial charge is 0.0983 e. The molecule has 2 rings (SSSR count). The molecular weight excluding hydrogens is 288 g/mol. The van der Waals surface area contributed by atoms with E-state index in [2.05, 4.69) is 15.9 Å². The van der Waals surface area contributed by atoms with E-state index in [1.54, 1.807) is 11.3 Å². The molecule has 0 amide bonds. The summed E-state index contributed by atoms with van der Waals surface area (Å²) in [5.74, 6) is 0. The Hall–Kier alpha value is 0.390. The van der Waals surface area contributed by atoms with Crippen molar-refractivity contribution in [3.05, 3.63) is 21.3 Å². The lowest BCUT2D eigenvalue weighted by molar-refractivity contribution is -0.0873. The Kier molecular flexibility index (Phi) is 3.85. The number of ether oxygens (including phenoxy) is 2. The van der Waals surface area contributed by atoms with Crippen LogP contribution in [0.25, 0.3) is 0 Å². The quantitative estimate of drug-likeness (QED) is 0.780. The molecule has 1 aromatic rings. The molecule has 0 N–H and O–H groups in total. The molecule has 2 atom stereocenters. The highest BCUT2D eigenvalue weighted by Crippen LogP contribution is 2.37. The zero-order valence-corrected chi connectivity index (χ0v) is 10.6. The molecule has 0 spiro atoms. The van der Waals surface area contributed by atoms with Crippen LogP contribution in [0.5, 0.6) is 0 Å². The first kappa shape index (κ1) is 10.9. The summed E-state index contributed by atoms with van der Waals surface area (Å²) < 4.78 is 10.9. The van der Waals surface area contributed by atoms with E-state index in [0.29, 0.717) is 19.8 Å². The van der Waals surface area contributed by atoms with Crippen LogP contribution in [0.15, 0.2) is 11.4 Å². The van der Waals surface area contributed by atoms with E-state index in [-0.39, 0.29) is 10.9 Å². The number of alkyl halides is 1. The largest absolute Gasteiger partial charge is 0.376 e. The first-order valence-electron chi connectivity index (χ1n) is 4.35. The monoisotopic (exact) mass is 296 g/mol. The second kappa shape index (κ2) is 4.94. The van der Waals surface area contributed by atoms with Crippen LogP contribution < -0.4 is 0 Å². The van der Waals surface area contributed by atoms with E-state index < -0.39 is 0 Å². The van der Waals surface area contributed by atoms with Gasteiger partial charge in [-0.1, -0.05) is 27.5 Å². The van der Waals surface area contributed by atoms with Gasteiger partial charge in [-0.2, -0.15) is 0 Å². The Morgan fingerprint density at radius 1 is 1.57 bits per heavy atom. The highest BCUT2D eigenvalue weighted by molar-refractivity contribution is 9.09. The van der Waals surface area contributed by atoms with Crippen LogP contribution in [0.3, 0.4) is 0 Å². The van der Waals surface area contributed by atoms with Gasteiger partial charge in [-0.25, -0.2) is 0 Å². The lowest BCUT2D eigenvalue weighted by Gasteiger charge is -2.26. The lowest BCUT2D eigenvalue weighted by atomic mass is 10.2. The van der Waals surface area contributed by atoms with Gasteiger partial charge >= 0.3 is 0 Å². The maximum atomic E-state index is 6.04. The van der Waals surface area contributed by atoms with Crippen molar-refractivity contribution in [3.8, 4) is 0 Å². The van der Waals surface area contributed by atoms with Gasteiger partial charge < -0.3 is 9.47 Å². The summed E-state index contributed by atoms with van der Waals surface area (Å²) in [6, 6.07) is 1.90. The molecule has 2 heterocycles. The standard InChI is InChI=1S/C9H10BrClO2S/c10-8(7-5-12-2-3-13-7)9-6(11)1-4-14-9/h1,4,7-8H,2-3,5H2. The molecule has 0 radical (unpaired) electrons. The molecule has 2 unspecified atom stereocenters. The molecule has 0 saturated carbocycles. The molecule has 5 heteroatoms. The van der Waals surface area contributed by atoms with E-state index in [0.717, 1.165) is 9.90 Å². The van der Waals surface area contributed by atoms with E-state index in [1.165, 1.54) is 0 Å². The van der Waals surface area contributed by atoms with Crippen LogP contribution >= 0.6 is 38.9 Å². The van der Waals surface area contributed by atoms with Gasteiger partial charge in [-0.3, -0.25) is 0 Å². The average molecular weight is 298 g/mol. The van der Waals surface area contributed by atoms with E-state index >= 15 is 0 Å². The van der Waals surface area contributed by atoms with Crippen molar-refractivity contribution in [2.24, 2.45) is 0 Å². The van der Waals surface area contributed by atoms with Crippen LogP contribution in [-0.2, 0) is 9.47 Å². The molecular formula is C9H10BrClO2S. The average Bonchev–Trinajstić information content (AvgIpc) is 2.65. The highest BCUT2D eigenvalue weighted by Gasteiger charge is 2.26. The van der Waals surface area contributed by atoms with E-state index in [1.807, 2.05) is 11.4 Å². The third-order valence-corrected chi connectivity index (χ3v) is 4.86. The van der Waals surface area contributed by atoms with Gasteiger partial charge in [0.05, 0.1) is 35.8 Å². The van der Waals surface area contributed by atoms with Crippen molar-refractivity contribution < 1.29 is 9.47 Å². The Morgan fingerprint density at radius 2 is 2.43 bits per heavy atom. The second-order valence-electron chi connectivity index (χ2n) is 3.02. The predicted octanol–water partition coefficient (Wildman–Crippen LogP) is 3.25. The zero-order chi connectivity index (χ0) is 9.97. The van der Waals surface area contributed by atoms with Gasteiger partial charge in [0.15, 0.2) is 0 Å². The Bertz CT molecular complexity index is 299. The molecule has 14 heavy (non-hydrogen) atoms. The molecule has 78 valence electrons. The van der Waals surface area contributed by atoms with Crippen LogP contribution in [0.2, 0.25) is 5.02 Å². The Labute approximate surface area is 100 Å². The van der Waals surface area contributed by atoms with Crippen molar-refractivity contribution >= 4 is 38.9 Å². The van der Waals surface area contributed by atoms with Crippen molar-refractivity contribution in [3.63, 3.8) is 0 Å². The minimum absolute atomic E-state index is 0.0694. The van der Waals surface area contributed by atoms with Gasteiger partial charge in [0.25, 0.3) is 0 Å². The molecule has 1 saturated heterocycles. The molecule has 0 bridgehead atoms. The van der Waals surface area contributed by atoms with Crippen molar-refractivity contribution in [2.75, 3.05) is 19.8 Å². The van der Waals surface area contributed by atoms with Crippen molar-refractivity contribution in [1.82, 2.24) is 0 Å². The van der Waals surface area contributed by atoms with Crippen LogP contribution in [0, 0.1) is 0 Å². The minimum Gasteiger partial charge on any atom is -0.376 e. The predicted molar refractivity (Wildman–Crippen MR) is 61.6 cm³/mol. The summed E-state index contributed by atoms with van der Waals surface area (Å²) in [6.07, 6.45) is 0.0694. The number of halogens is 2. The first-order chi connectivity index (χ1) is 6.79. The number of thiophene rings is 1. The molecule has 1 fully saturated rings. The molecule has 1 aromatic heterocycles. The maximum Gasteiger partial charge on any atom is 0.0983 e. The van der Waals surface area contributed by atoms with Gasteiger partial charge in [-0.05, 0) is 11.4 Å². The number of hydrogen-bond donors (Lipinski definition) is 0. The lowest BCUT2D eigenvalue weighted by Crippen LogP contribution is -2.31. The molecule has 0 aromatic carbocycles. The topological polar surface area (TPSA) is 18.5 Å². The van der Waals surface area contributed by atoms with E-state index in [4.69, 9.17) is 21.1 Å². The fourth-order valence-electron chi connectivity index (χ4n) is 1.35. The highest BCUT2D eigenvalue weighted by atomic mass is 79.9. The third kappa shape index (κ3) is 2.31. The molecule has 1 aliphatic rings. The fraction of sp³-hybridized carbons (Fsp3) is 0.556. The van der Waals surface area contributed by atoms with Gasteiger partial charge in [0.1, 0.15) is 0 Å². The first-order valence-corrected chi connectivity index (χ1v) is 6.52. The number of rotatable bonds is 2. The number of hydrogen-bond acceptors (Lipinski definition) is 3. The van der Waals surface area contributed by atoms with Crippen LogP contribution in [-0.4, -0.2) is 25.9 Å². The normalized spacial score (nSPS) is 24.9. The summed E-state index contributed by atoms with van der Waals surface area (Å²) in [7, 11) is 0. The summed E-state index contributed by atoms with van der Waals surface area (Å²) in [6.45, 7) is 1.98. The maximum absolute atomic E-state index is 6.04. The molecule has 0 aliphatic carbocycles. The SMILES string of the molecule is Clc1ccsc1C(Br)C1COCCO1. The van der Waals surface area contributed by atoms with Gasteiger partial charge in [0.2, 0.25) is 0 Å². The molecule has 2 nitrogen and oxygen atoms in total. The Morgan fingerprint density at radius 3 is 3.00 bits per heavy atom. The summed E-state index contributed by atoms with van der Waals surface area (Å²) >= 11 is 11.3. The zero-order valence-electron chi connectivity index (χ0n) is 7.41. The Balaban J connectivity index is 2.07. The summed E-state index contributed by atoms with van der Waals surface area (Å²) in [5.41, 5.74) is 0. The second-order valence-corrected chi connectivity index (χ2v) is 5.36. The summed E-state index contributed by atoms with van der Waals surface area (Å²) in [4.78, 5) is 1.25. The third-order valence-electron chi connectivity index (χ3n) is 2.06. The minimum atomic E-state index is 0.0694. The van der Waals surface area contributed by atoms with Crippen LogP contribution in [0.1, 0.15) is 9.70 Å². The van der Waals surface area contributed by atoms with E-state index in [9.17, 15) is 0 Å². The van der Waals surface area contributed by atoms with Crippen LogP contribution in [0.4, 0.5) is 0 Å². The van der Waals surface area contributed by atoms with Gasteiger partial charge in [-0.15, -0.1) is 11.3 Å².